The molecule has 0 saturated carbocycles. The molecule has 0 aliphatic carbocycles. The number of hydrogen-bond acceptors (Lipinski definition) is 3. The fourth-order valence-electron chi connectivity index (χ4n) is 2.41. The van der Waals surface area contributed by atoms with Crippen molar-refractivity contribution in [1.82, 2.24) is 10.2 Å². The molecule has 1 aliphatic rings. The monoisotopic (exact) mass is 279 g/mol. The zero-order valence-electron chi connectivity index (χ0n) is 11.9. The van der Waals surface area contributed by atoms with E-state index in [0.29, 0.717) is 5.92 Å². The van der Waals surface area contributed by atoms with E-state index < -0.39 is 5.82 Å². The first-order valence-corrected chi connectivity index (χ1v) is 7.09. The maximum Gasteiger partial charge on any atom is 0.238 e. The lowest BCUT2D eigenvalue weighted by molar-refractivity contribution is -0.115. The number of hydrogen-bond donors (Lipinski definition) is 2. The second kappa shape index (κ2) is 7.36. The quantitative estimate of drug-likeness (QED) is 0.862. The van der Waals surface area contributed by atoms with Crippen LogP contribution in [0, 0.1) is 11.7 Å². The summed E-state index contributed by atoms with van der Waals surface area (Å²) in [7, 11) is 2.13. The van der Waals surface area contributed by atoms with Crippen molar-refractivity contribution in [3.63, 3.8) is 0 Å². The van der Waals surface area contributed by atoms with Crippen molar-refractivity contribution in [2.24, 2.45) is 5.92 Å². The number of nitrogens with zero attached hydrogens (tertiary/aromatic N) is 1. The Kier molecular flexibility index (Phi) is 5.49. The topological polar surface area (TPSA) is 44.4 Å². The number of rotatable bonds is 5. The number of piperidine rings is 1. The summed E-state index contributed by atoms with van der Waals surface area (Å²) in [5.74, 6) is 0.0201. The lowest BCUT2D eigenvalue weighted by Gasteiger charge is -2.28. The van der Waals surface area contributed by atoms with E-state index in [2.05, 4.69) is 22.6 Å². The molecule has 0 atom stereocenters. The summed E-state index contributed by atoms with van der Waals surface area (Å²) in [6, 6.07) is 6.19. The molecule has 1 amide bonds. The number of carbonyl (C=O) groups is 1. The minimum Gasteiger partial charge on any atom is -0.322 e. The molecule has 0 bridgehead atoms. The first-order valence-electron chi connectivity index (χ1n) is 7.09. The number of nitrogens with one attached hydrogen (secondary N) is 2. The average molecular weight is 279 g/mol. The SMILES string of the molecule is CN1CCC(CNCC(=O)Nc2ccccc2F)CC1. The number of anilines is 1. The van der Waals surface area contributed by atoms with Crippen LogP contribution in [-0.4, -0.2) is 44.0 Å². The fourth-order valence-corrected chi connectivity index (χ4v) is 2.41. The fraction of sp³-hybridized carbons (Fsp3) is 0.533. The highest BCUT2D eigenvalue weighted by atomic mass is 19.1. The third-order valence-electron chi connectivity index (χ3n) is 3.70. The first-order chi connectivity index (χ1) is 9.65. The number of halogens is 1. The van der Waals surface area contributed by atoms with Gasteiger partial charge in [0, 0.05) is 0 Å². The van der Waals surface area contributed by atoms with Crippen molar-refractivity contribution in [2.75, 3.05) is 38.5 Å². The van der Waals surface area contributed by atoms with Crippen molar-refractivity contribution >= 4 is 11.6 Å². The first kappa shape index (κ1) is 14.9. The number of likely N-dealkylation sites (tertiary alicyclic amines) is 1. The molecule has 0 radical (unpaired) electrons. The predicted molar refractivity (Wildman–Crippen MR) is 78.1 cm³/mol. The van der Waals surface area contributed by atoms with E-state index >= 15 is 0 Å². The van der Waals surface area contributed by atoms with Gasteiger partial charge in [0.2, 0.25) is 5.91 Å². The van der Waals surface area contributed by atoms with Gasteiger partial charge < -0.3 is 15.5 Å². The maximum atomic E-state index is 13.4. The van der Waals surface area contributed by atoms with Gasteiger partial charge in [-0.2, -0.15) is 0 Å². The molecule has 5 heteroatoms. The van der Waals surface area contributed by atoms with Crippen molar-refractivity contribution in [3.05, 3.63) is 30.1 Å². The Morgan fingerprint density at radius 1 is 1.35 bits per heavy atom. The van der Waals surface area contributed by atoms with E-state index in [0.717, 1.165) is 19.6 Å². The Balaban J connectivity index is 1.67. The van der Waals surface area contributed by atoms with Gasteiger partial charge >= 0.3 is 0 Å². The largest absolute Gasteiger partial charge is 0.322 e. The van der Waals surface area contributed by atoms with Crippen LogP contribution in [-0.2, 0) is 4.79 Å². The summed E-state index contributed by atoms with van der Waals surface area (Å²) in [6.45, 7) is 3.31. The Labute approximate surface area is 119 Å². The van der Waals surface area contributed by atoms with Crippen LogP contribution in [0.5, 0.6) is 0 Å². The lowest BCUT2D eigenvalue weighted by atomic mass is 9.97. The van der Waals surface area contributed by atoms with E-state index in [-0.39, 0.29) is 18.1 Å². The summed E-state index contributed by atoms with van der Waals surface area (Å²) >= 11 is 0. The maximum absolute atomic E-state index is 13.4. The number of benzene rings is 1. The standard InChI is InChI=1S/C15H22FN3O/c1-19-8-6-12(7-9-19)10-17-11-15(20)18-14-5-3-2-4-13(14)16/h2-5,12,17H,6-11H2,1H3,(H,18,20). The number of amides is 1. The zero-order chi connectivity index (χ0) is 14.4. The lowest BCUT2D eigenvalue weighted by Crippen LogP contribution is -2.37. The van der Waals surface area contributed by atoms with Crippen molar-refractivity contribution in [3.8, 4) is 0 Å². The highest BCUT2D eigenvalue weighted by Gasteiger charge is 2.16. The molecule has 20 heavy (non-hydrogen) atoms. The minimum atomic E-state index is -0.406. The number of carbonyl (C=O) groups excluding carboxylic acids is 1. The third kappa shape index (κ3) is 4.58. The van der Waals surface area contributed by atoms with Crippen LogP contribution in [0.15, 0.2) is 24.3 Å². The molecule has 2 rings (SSSR count). The van der Waals surface area contributed by atoms with E-state index in [4.69, 9.17) is 0 Å². The van der Waals surface area contributed by atoms with Gasteiger partial charge in [0.05, 0.1) is 12.2 Å². The molecule has 0 aromatic heterocycles. The smallest absolute Gasteiger partial charge is 0.238 e. The van der Waals surface area contributed by atoms with E-state index in [1.165, 1.54) is 18.9 Å². The van der Waals surface area contributed by atoms with Crippen LogP contribution in [0.3, 0.4) is 0 Å². The molecule has 1 aromatic carbocycles. The molecule has 4 nitrogen and oxygen atoms in total. The molecule has 1 aliphatic heterocycles. The average Bonchev–Trinajstić information content (AvgIpc) is 2.44. The third-order valence-corrected chi connectivity index (χ3v) is 3.70. The van der Waals surface area contributed by atoms with E-state index in [9.17, 15) is 9.18 Å². The number of para-hydroxylation sites is 1. The molecule has 0 spiro atoms. The molecule has 0 unspecified atom stereocenters. The summed E-state index contributed by atoms with van der Waals surface area (Å²) in [5, 5.41) is 5.73. The van der Waals surface area contributed by atoms with Crippen LogP contribution < -0.4 is 10.6 Å². The van der Waals surface area contributed by atoms with Crippen LogP contribution in [0.4, 0.5) is 10.1 Å². The van der Waals surface area contributed by atoms with Crippen molar-refractivity contribution < 1.29 is 9.18 Å². The summed E-state index contributed by atoms with van der Waals surface area (Å²) < 4.78 is 13.4. The molecule has 1 fully saturated rings. The van der Waals surface area contributed by atoms with Gasteiger partial charge in [-0.1, -0.05) is 12.1 Å². The van der Waals surface area contributed by atoms with Gasteiger partial charge in [-0.3, -0.25) is 4.79 Å². The van der Waals surface area contributed by atoms with Crippen LogP contribution in [0.2, 0.25) is 0 Å². The second-order valence-electron chi connectivity index (χ2n) is 5.41. The Morgan fingerprint density at radius 3 is 2.75 bits per heavy atom. The van der Waals surface area contributed by atoms with Gasteiger partial charge in [-0.05, 0) is 57.6 Å². The van der Waals surface area contributed by atoms with Gasteiger partial charge in [-0.15, -0.1) is 0 Å². The van der Waals surface area contributed by atoms with Crippen LogP contribution in [0.1, 0.15) is 12.8 Å². The highest BCUT2D eigenvalue weighted by molar-refractivity contribution is 5.92. The van der Waals surface area contributed by atoms with E-state index in [1.807, 2.05) is 0 Å². The zero-order valence-corrected chi connectivity index (χ0v) is 11.9. The van der Waals surface area contributed by atoms with Crippen molar-refractivity contribution in [1.29, 1.82) is 0 Å². The molecule has 1 aromatic rings. The molecule has 1 saturated heterocycles. The molecule has 2 N–H and O–H groups in total. The molecule has 110 valence electrons. The highest BCUT2D eigenvalue weighted by Crippen LogP contribution is 2.14. The molecular weight excluding hydrogens is 257 g/mol. The summed E-state index contributed by atoms with van der Waals surface area (Å²) in [6.07, 6.45) is 2.33. The van der Waals surface area contributed by atoms with Gasteiger partial charge in [0.15, 0.2) is 0 Å². The minimum absolute atomic E-state index is 0.206. The molecular formula is C15H22FN3O. The summed E-state index contributed by atoms with van der Waals surface area (Å²) in [4.78, 5) is 14.0. The van der Waals surface area contributed by atoms with Gasteiger partial charge in [-0.25, -0.2) is 4.39 Å². The second-order valence-corrected chi connectivity index (χ2v) is 5.41. The van der Waals surface area contributed by atoms with Crippen molar-refractivity contribution in [2.45, 2.75) is 12.8 Å². The van der Waals surface area contributed by atoms with Gasteiger partial charge in [0.25, 0.3) is 0 Å². The van der Waals surface area contributed by atoms with Gasteiger partial charge in [0.1, 0.15) is 5.82 Å². The van der Waals surface area contributed by atoms with Crippen LogP contribution >= 0.6 is 0 Å². The Morgan fingerprint density at radius 2 is 2.05 bits per heavy atom. The van der Waals surface area contributed by atoms with Crippen LogP contribution in [0.25, 0.3) is 0 Å². The van der Waals surface area contributed by atoms with E-state index in [1.54, 1.807) is 18.2 Å². The molecule has 1 heterocycles. The normalized spacial score (nSPS) is 17.1. The summed E-state index contributed by atoms with van der Waals surface area (Å²) in [5.41, 5.74) is 0.235. The predicted octanol–water partition coefficient (Wildman–Crippen LogP) is 1.70. The Bertz CT molecular complexity index is 444. The Hall–Kier alpha value is -1.46.